The van der Waals surface area contributed by atoms with Crippen LogP contribution in [0, 0.1) is 49.0 Å². The maximum atomic E-state index is 5.03. The molecule has 0 amide bonds. The fourth-order valence-corrected chi connectivity index (χ4v) is 3.75. The van der Waals surface area contributed by atoms with Crippen LogP contribution < -0.4 is 0 Å². The molecule has 2 nitrogen and oxygen atoms in total. The van der Waals surface area contributed by atoms with Gasteiger partial charge in [-0.05, 0) is 63.8 Å². The first kappa shape index (κ1) is 25.5. The minimum Gasteiger partial charge on any atom is -0.358 e. The number of hydrogen-bond acceptors (Lipinski definition) is 2. The van der Waals surface area contributed by atoms with Crippen LogP contribution in [0.25, 0.3) is 0 Å². The molecule has 3 rings (SSSR count). The second-order valence-corrected chi connectivity index (χ2v) is 7.62. The van der Waals surface area contributed by atoms with Gasteiger partial charge in [-0.15, -0.1) is 0 Å². The molecule has 30 heavy (non-hydrogen) atoms. The molecular weight excluding hydrogens is 411 g/mol. The first-order chi connectivity index (χ1) is 13.3. The molecule has 3 aromatic carbocycles. The molecule has 0 aliphatic heterocycles. The van der Waals surface area contributed by atoms with Gasteiger partial charge in [0, 0.05) is 5.56 Å². The molecule has 0 aliphatic carbocycles. The van der Waals surface area contributed by atoms with Crippen LogP contribution >= 0.6 is 0 Å². The van der Waals surface area contributed by atoms with Crippen molar-refractivity contribution in [1.82, 2.24) is 0 Å². The number of aryl methyl sites for hydroxylation is 6. The standard InChI is InChI=1S/C26H28N2.CH3.Ni/c1-17-12-19(3)25(20(4)13-17)27-16-24(23-10-8-7-9-11-23)28-26-21(5)14-18(2)15-22(26)6;;/h7-16H,1-6H3;1H3;/q;-1;+2. The van der Waals surface area contributed by atoms with Gasteiger partial charge in [-0.3, -0.25) is 4.99 Å². The Labute approximate surface area is 192 Å². The molecule has 0 radical (unpaired) electrons. The van der Waals surface area contributed by atoms with E-state index in [2.05, 4.69) is 77.9 Å². The average molecular weight is 442 g/mol. The molecule has 3 aromatic rings. The second-order valence-electron chi connectivity index (χ2n) is 7.62. The quantitative estimate of drug-likeness (QED) is 0.227. The van der Waals surface area contributed by atoms with Gasteiger partial charge >= 0.3 is 16.5 Å². The molecule has 0 saturated heterocycles. The zero-order valence-corrected chi connectivity index (χ0v) is 20.0. The molecule has 0 saturated carbocycles. The molecule has 0 bridgehead atoms. The number of nitrogens with zero attached hydrogens (tertiary/aromatic N) is 2. The predicted octanol–water partition coefficient (Wildman–Crippen LogP) is 7.51. The van der Waals surface area contributed by atoms with Crippen molar-refractivity contribution in [1.29, 1.82) is 0 Å². The third-order valence-electron chi connectivity index (χ3n) is 4.89. The Kier molecular flexibility index (Phi) is 9.39. The SMILES string of the molecule is Cc1cc(C)c(N=CC(=Nc2c(C)cc(C)cc2C)c2ccccc2)c(C)c1.[CH3-].[Ni+2]. The summed E-state index contributed by atoms with van der Waals surface area (Å²) in [5.74, 6) is 0. The first-order valence-electron chi connectivity index (χ1n) is 9.69. The molecular formula is C27H31N2Ni+. The van der Waals surface area contributed by atoms with Gasteiger partial charge in [-0.25, -0.2) is 4.99 Å². The van der Waals surface area contributed by atoms with Crippen molar-refractivity contribution >= 4 is 23.3 Å². The Morgan fingerprint density at radius 1 is 0.667 bits per heavy atom. The largest absolute Gasteiger partial charge is 2.00 e. The zero-order valence-electron chi connectivity index (χ0n) is 19.0. The molecule has 0 unspecified atom stereocenters. The van der Waals surface area contributed by atoms with Gasteiger partial charge < -0.3 is 7.43 Å². The number of benzene rings is 3. The van der Waals surface area contributed by atoms with E-state index in [1.165, 1.54) is 33.4 Å². The van der Waals surface area contributed by atoms with Crippen molar-refractivity contribution in [2.24, 2.45) is 9.98 Å². The fraction of sp³-hybridized carbons (Fsp3) is 0.222. The maximum absolute atomic E-state index is 5.03. The normalized spacial score (nSPS) is 11.2. The van der Waals surface area contributed by atoms with E-state index in [0.29, 0.717) is 0 Å². The van der Waals surface area contributed by atoms with E-state index in [0.717, 1.165) is 22.6 Å². The summed E-state index contributed by atoms with van der Waals surface area (Å²) in [6.45, 7) is 12.7. The van der Waals surface area contributed by atoms with Crippen molar-refractivity contribution in [2.75, 3.05) is 0 Å². The van der Waals surface area contributed by atoms with Crippen molar-refractivity contribution in [3.63, 3.8) is 0 Å². The Morgan fingerprint density at radius 2 is 1.10 bits per heavy atom. The van der Waals surface area contributed by atoms with Crippen molar-refractivity contribution < 1.29 is 16.5 Å². The van der Waals surface area contributed by atoms with Gasteiger partial charge in [-0.1, -0.05) is 65.7 Å². The zero-order chi connectivity index (χ0) is 20.3. The molecule has 0 N–H and O–H groups in total. The van der Waals surface area contributed by atoms with E-state index >= 15 is 0 Å². The van der Waals surface area contributed by atoms with Crippen molar-refractivity contribution in [3.8, 4) is 0 Å². The minimum absolute atomic E-state index is 0. The van der Waals surface area contributed by atoms with E-state index < -0.39 is 0 Å². The summed E-state index contributed by atoms with van der Waals surface area (Å²) in [6.07, 6.45) is 1.90. The van der Waals surface area contributed by atoms with Gasteiger partial charge in [0.1, 0.15) is 0 Å². The Hall–Kier alpha value is -2.51. The summed E-state index contributed by atoms with van der Waals surface area (Å²) < 4.78 is 0. The monoisotopic (exact) mass is 441 g/mol. The Morgan fingerprint density at radius 3 is 1.57 bits per heavy atom. The minimum atomic E-state index is 0. The van der Waals surface area contributed by atoms with Crippen LogP contribution in [0.5, 0.6) is 0 Å². The summed E-state index contributed by atoms with van der Waals surface area (Å²) >= 11 is 0. The van der Waals surface area contributed by atoms with E-state index in [-0.39, 0.29) is 23.9 Å². The third kappa shape index (κ3) is 6.00. The second kappa shape index (κ2) is 11.0. The fourth-order valence-electron chi connectivity index (χ4n) is 3.75. The van der Waals surface area contributed by atoms with Crippen LogP contribution in [0.2, 0.25) is 0 Å². The van der Waals surface area contributed by atoms with Gasteiger partial charge in [0.25, 0.3) is 0 Å². The van der Waals surface area contributed by atoms with Crippen LogP contribution in [-0.4, -0.2) is 11.9 Å². The van der Waals surface area contributed by atoms with Crippen LogP contribution in [0.1, 0.15) is 38.9 Å². The number of hydrogen-bond donors (Lipinski definition) is 0. The van der Waals surface area contributed by atoms with Gasteiger partial charge in [0.15, 0.2) is 0 Å². The molecule has 0 atom stereocenters. The molecule has 158 valence electrons. The topological polar surface area (TPSA) is 24.7 Å². The van der Waals surface area contributed by atoms with Crippen molar-refractivity contribution in [2.45, 2.75) is 41.5 Å². The van der Waals surface area contributed by atoms with Crippen LogP contribution in [0.15, 0.2) is 64.6 Å². The molecule has 3 heteroatoms. The van der Waals surface area contributed by atoms with E-state index in [4.69, 9.17) is 9.98 Å². The number of aliphatic imine (C=N–C) groups is 2. The maximum Gasteiger partial charge on any atom is 2.00 e. The van der Waals surface area contributed by atoms with Crippen LogP contribution in [0.3, 0.4) is 0 Å². The van der Waals surface area contributed by atoms with Gasteiger partial charge in [0.05, 0.1) is 23.3 Å². The van der Waals surface area contributed by atoms with Crippen LogP contribution in [-0.2, 0) is 16.5 Å². The van der Waals surface area contributed by atoms with Gasteiger partial charge in [0.2, 0.25) is 0 Å². The first-order valence-corrected chi connectivity index (χ1v) is 9.69. The number of rotatable bonds is 4. The summed E-state index contributed by atoms with van der Waals surface area (Å²) in [7, 11) is 0. The molecule has 0 spiro atoms. The summed E-state index contributed by atoms with van der Waals surface area (Å²) in [4.78, 5) is 9.87. The Balaban J connectivity index is 0.00000225. The van der Waals surface area contributed by atoms with E-state index in [1.807, 2.05) is 24.4 Å². The molecule has 0 fully saturated rings. The summed E-state index contributed by atoms with van der Waals surface area (Å²) in [6, 6.07) is 19.0. The van der Waals surface area contributed by atoms with Crippen molar-refractivity contribution in [3.05, 3.63) is 101 Å². The third-order valence-corrected chi connectivity index (χ3v) is 4.89. The predicted molar refractivity (Wildman–Crippen MR) is 129 cm³/mol. The molecule has 0 aromatic heterocycles. The molecule has 0 heterocycles. The van der Waals surface area contributed by atoms with Crippen LogP contribution in [0.4, 0.5) is 11.4 Å². The smallest absolute Gasteiger partial charge is 0.358 e. The summed E-state index contributed by atoms with van der Waals surface area (Å²) in [5, 5.41) is 0. The summed E-state index contributed by atoms with van der Waals surface area (Å²) in [5.41, 5.74) is 11.2. The average Bonchev–Trinajstić information content (AvgIpc) is 2.62. The Bertz CT molecular complexity index is 1020. The van der Waals surface area contributed by atoms with E-state index in [9.17, 15) is 0 Å². The van der Waals surface area contributed by atoms with Gasteiger partial charge in [-0.2, -0.15) is 0 Å². The van der Waals surface area contributed by atoms with E-state index in [1.54, 1.807) is 0 Å². The molecule has 0 aliphatic rings.